The molecule has 5 heteroatoms. The van der Waals surface area contributed by atoms with Crippen molar-refractivity contribution in [1.29, 1.82) is 0 Å². The maximum Gasteiger partial charge on any atom is 0.249 e. The number of benzene rings is 1. The molecule has 2 aromatic heterocycles. The lowest BCUT2D eigenvalue weighted by Gasteiger charge is -2.23. The summed E-state index contributed by atoms with van der Waals surface area (Å²) in [4.78, 5) is 28.3. The fraction of sp³-hybridized carbons (Fsp3) is 0.235. The van der Waals surface area contributed by atoms with Crippen LogP contribution < -0.4 is 5.32 Å². The van der Waals surface area contributed by atoms with Crippen LogP contribution in [0, 0.1) is 6.92 Å². The van der Waals surface area contributed by atoms with Gasteiger partial charge in [-0.1, -0.05) is 18.2 Å². The zero-order valence-electron chi connectivity index (χ0n) is 12.2. The van der Waals surface area contributed by atoms with E-state index in [1.54, 1.807) is 0 Å². The molecule has 1 N–H and O–H groups in total. The summed E-state index contributed by atoms with van der Waals surface area (Å²) in [6.07, 6.45) is 0.865. The van der Waals surface area contributed by atoms with Crippen LogP contribution in [0.15, 0.2) is 36.4 Å². The van der Waals surface area contributed by atoms with Gasteiger partial charge in [0.25, 0.3) is 0 Å². The van der Waals surface area contributed by atoms with Gasteiger partial charge < -0.3 is 4.57 Å². The van der Waals surface area contributed by atoms with Gasteiger partial charge in [-0.3, -0.25) is 14.9 Å². The third-order valence-electron chi connectivity index (χ3n) is 4.22. The molecule has 5 nitrogen and oxygen atoms in total. The molecule has 1 unspecified atom stereocenters. The summed E-state index contributed by atoms with van der Waals surface area (Å²) in [5.41, 5.74) is 2.68. The van der Waals surface area contributed by atoms with Crippen molar-refractivity contribution in [1.82, 2.24) is 14.9 Å². The molecule has 1 fully saturated rings. The smallest absolute Gasteiger partial charge is 0.249 e. The van der Waals surface area contributed by atoms with E-state index in [0.717, 1.165) is 27.6 Å². The number of pyridine rings is 1. The zero-order valence-corrected chi connectivity index (χ0v) is 12.2. The number of nitrogens with one attached hydrogen (secondary N) is 1. The number of nitrogens with zero attached hydrogens (tertiary/aromatic N) is 2. The van der Waals surface area contributed by atoms with Gasteiger partial charge in [-0.25, -0.2) is 4.98 Å². The SMILES string of the molecule is Cc1ccc2c3ccccc3n(C3CCC(=O)NC3=O)c2n1. The van der Waals surface area contributed by atoms with E-state index >= 15 is 0 Å². The molecule has 1 aliphatic rings. The number of para-hydroxylation sites is 1. The van der Waals surface area contributed by atoms with Crippen LogP contribution >= 0.6 is 0 Å². The molecule has 4 rings (SSSR count). The van der Waals surface area contributed by atoms with Crippen LogP contribution in [0.1, 0.15) is 24.6 Å². The highest BCUT2D eigenvalue weighted by molar-refractivity contribution is 6.08. The molecule has 1 aliphatic heterocycles. The van der Waals surface area contributed by atoms with Crippen molar-refractivity contribution in [2.75, 3.05) is 0 Å². The van der Waals surface area contributed by atoms with Crippen LogP contribution in [0.4, 0.5) is 0 Å². The van der Waals surface area contributed by atoms with Crippen molar-refractivity contribution < 1.29 is 9.59 Å². The topological polar surface area (TPSA) is 64.0 Å². The third kappa shape index (κ3) is 1.82. The second-order valence-electron chi connectivity index (χ2n) is 5.68. The van der Waals surface area contributed by atoms with Crippen LogP contribution in [-0.4, -0.2) is 21.4 Å². The highest BCUT2D eigenvalue weighted by Crippen LogP contribution is 2.33. The van der Waals surface area contributed by atoms with Crippen molar-refractivity contribution in [3.8, 4) is 0 Å². The van der Waals surface area contributed by atoms with Gasteiger partial charge in [-0.05, 0) is 31.5 Å². The summed E-state index contributed by atoms with van der Waals surface area (Å²) in [5.74, 6) is -0.451. The van der Waals surface area contributed by atoms with Crippen molar-refractivity contribution in [2.45, 2.75) is 25.8 Å². The molecule has 3 heterocycles. The van der Waals surface area contributed by atoms with Crippen LogP contribution in [-0.2, 0) is 9.59 Å². The minimum atomic E-state index is -0.394. The number of aromatic nitrogens is 2. The molecule has 0 bridgehead atoms. The van der Waals surface area contributed by atoms with E-state index in [1.165, 1.54) is 0 Å². The largest absolute Gasteiger partial charge is 0.313 e. The number of hydrogen-bond acceptors (Lipinski definition) is 3. The van der Waals surface area contributed by atoms with E-state index in [1.807, 2.05) is 47.9 Å². The van der Waals surface area contributed by atoms with Gasteiger partial charge in [0, 0.05) is 22.9 Å². The van der Waals surface area contributed by atoms with Gasteiger partial charge in [0.15, 0.2) is 0 Å². The van der Waals surface area contributed by atoms with E-state index in [0.29, 0.717) is 12.8 Å². The normalized spacial score (nSPS) is 18.9. The fourth-order valence-electron chi connectivity index (χ4n) is 3.21. The Bertz CT molecular complexity index is 926. The Morgan fingerprint density at radius 1 is 1.14 bits per heavy atom. The summed E-state index contributed by atoms with van der Waals surface area (Å²) < 4.78 is 1.97. The van der Waals surface area contributed by atoms with Crippen LogP contribution in [0.5, 0.6) is 0 Å². The minimum Gasteiger partial charge on any atom is -0.313 e. The third-order valence-corrected chi connectivity index (χ3v) is 4.22. The van der Waals surface area contributed by atoms with E-state index in [9.17, 15) is 9.59 Å². The standard InChI is InChI=1S/C17H15N3O2/c1-10-6-7-12-11-4-2-3-5-13(11)20(16(12)18-10)14-8-9-15(21)19-17(14)22/h2-7,14H,8-9H2,1H3,(H,19,21,22). The number of rotatable bonds is 1. The molecular weight excluding hydrogens is 278 g/mol. The Morgan fingerprint density at radius 3 is 2.77 bits per heavy atom. The average Bonchev–Trinajstić information content (AvgIpc) is 2.81. The number of carbonyl (C=O) groups excluding carboxylic acids is 2. The molecular formula is C17H15N3O2. The highest BCUT2D eigenvalue weighted by Gasteiger charge is 2.30. The number of amides is 2. The lowest BCUT2D eigenvalue weighted by atomic mass is 10.1. The molecule has 1 aromatic carbocycles. The molecule has 22 heavy (non-hydrogen) atoms. The van der Waals surface area contributed by atoms with Crippen LogP contribution in [0.25, 0.3) is 21.9 Å². The summed E-state index contributed by atoms with van der Waals surface area (Å²) in [7, 11) is 0. The van der Waals surface area contributed by atoms with Crippen molar-refractivity contribution in [3.63, 3.8) is 0 Å². The van der Waals surface area contributed by atoms with Gasteiger partial charge in [0.1, 0.15) is 11.7 Å². The first-order valence-corrected chi connectivity index (χ1v) is 7.35. The van der Waals surface area contributed by atoms with Crippen LogP contribution in [0.3, 0.4) is 0 Å². The summed E-state index contributed by atoms with van der Waals surface area (Å²) >= 11 is 0. The quantitative estimate of drug-likeness (QED) is 0.701. The van der Waals surface area contributed by atoms with Gasteiger partial charge in [-0.15, -0.1) is 0 Å². The Balaban J connectivity index is 2.04. The maximum absolute atomic E-state index is 12.3. The lowest BCUT2D eigenvalue weighted by Crippen LogP contribution is -2.41. The minimum absolute atomic E-state index is 0.203. The summed E-state index contributed by atoms with van der Waals surface area (Å²) in [6, 6.07) is 11.6. The number of fused-ring (bicyclic) bond motifs is 3. The molecule has 1 atom stereocenters. The Labute approximate surface area is 126 Å². The second-order valence-corrected chi connectivity index (χ2v) is 5.68. The average molecular weight is 293 g/mol. The number of imide groups is 1. The first-order valence-electron chi connectivity index (χ1n) is 7.35. The molecule has 2 amide bonds. The Kier molecular flexibility index (Phi) is 2.76. The monoisotopic (exact) mass is 293 g/mol. The summed E-state index contributed by atoms with van der Waals surface area (Å²) in [5, 5.41) is 4.55. The fourth-order valence-corrected chi connectivity index (χ4v) is 3.21. The molecule has 0 aliphatic carbocycles. The number of aryl methyl sites for hydroxylation is 1. The summed E-state index contributed by atoms with van der Waals surface area (Å²) in [6.45, 7) is 1.94. The van der Waals surface area contributed by atoms with Crippen molar-refractivity contribution >= 4 is 33.8 Å². The zero-order chi connectivity index (χ0) is 15.3. The number of hydrogen-bond donors (Lipinski definition) is 1. The molecule has 0 spiro atoms. The highest BCUT2D eigenvalue weighted by atomic mass is 16.2. The molecule has 110 valence electrons. The van der Waals surface area contributed by atoms with E-state index in [2.05, 4.69) is 10.3 Å². The van der Waals surface area contributed by atoms with Crippen molar-refractivity contribution in [3.05, 3.63) is 42.1 Å². The van der Waals surface area contributed by atoms with E-state index < -0.39 is 6.04 Å². The number of carbonyl (C=O) groups is 2. The van der Waals surface area contributed by atoms with Gasteiger partial charge in [0.05, 0.1) is 5.52 Å². The molecule has 3 aromatic rings. The molecule has 0 saturated carbocycles. The predicted octanol–water partition coefficient (Wildman–Crippen LogP) is 2.48. The second kappa shape index (κ2) is 4.66. The molecule has 0 radical (unpaired) electrons. The first kappa shape index (κ1) is 13.0. The Hall–Kier alpha value is -2.69. The predicted molar refractivity (Wildman–Crippen MR) is 83.4 cm³/mol. The van der Waals surface area contributed by atoms with E-state index in [4.69, 9.17) is 0 Å². The Morgan fingerprint density at radius 2 is 1.95 bits per heavy atom. The maximum atomic E-state index is 12.3. The van der Waals surface area contributed by atoms with Crippen LogP contribution in [0.2, 0.25) is 0 Å². The molecule has 1 saturated heterocycles. The first-order chi connectivity index (χ1) is 10.6. The lowest BCUT2D eigenvalue weighted by molar-refractivity contribution is -0.135. The number of piperidine rings is 1. The van der Waals surface area contributed by atoms with Crippen molar-refractivity contribution in [2.24, 2.45) is 0 Å². The van der Waals surface area contributed by atoms with Gasteiger partial charge in [-0.2, -0.15) is 0 Å². The van der Waals surface area contributed by atoms with Gasteiger partial charge in [0.2, 0.25) is 11.8 Å². The van der Waals surface area contributed by atoms with E-state index in [-0.39, 0.29) is 11.8 Å². The van der Waals surface area contributed by atoms with Gasteiger partial charge >= 0.3 is 0 Å².